The minimum absolute atomic E-state index is 0.181. The van der Waals surface area contributed by atoms with E-state index in [1.807, 2.05) is 60.7 Å². The molecule has 0 aliphatic heterocycles. The van der Waals surface area contributed by atoms with Crippen molar-refractivity contribution in [2.45, 2.75) is 13.0 Å². The van der Waals surface area contributed by atoms with E-state index in [0.717, 1.165) is 33.0 Å². The molecule has 0 unspecified atom stereocenters. The van der Waals surface area contributed by atoms with Crippen LogP contribution in [0, 0.1) is 5.82 Å². The van der Waals surface area contributed by atoms with Crippen molar-refractivity contribution in [2.24, 2.45) is 0 Å². The van der Waals surface area contributed by atoms with Crippen LogP contribution in [0.1, 0.15) is 37.8 Å². The van der Waals surface area contributed by atoms with E-state index in [9.17, 15) is 14.0 Å². The van der Waals surface area contributed by atoms with Crippen LogP contribution in [0.25, 0.3) is 27.5 Å². The number of aromatic nitrogens is 3. The van der Waals surface area contributed by atoms with Gasteiger partial charge in [0.2, 0.25) is 0 Å². The van der Waals surface area contributed by atoms with E-state index in [1.54, 1.807) is 22.6 Å². The molecular formula is C32H23FN4O3. The van der Waals surface area contributed by atoms with Crippen molar-refractivity contribution in [3.63, 3.8) is 0 Å². The smallest absolute Gasteiger partial charge is 0.335 e. The Morgan fingerprint density at radius 1 is 0.775 bits per heavy atom. The van der Waals surface area contributed by atoms with Gasteiger partial charge < -0.3 is 10.4 Å². The van der Waals surface area contributed by atoms with Gasteiger partial charge in [0.05, 0.1) is 5.56 Å². The summed E-state index contributed by atoms with van der Waals surface area (Å²) in [4.78, 5) is 24.7. The highest BCUT2D eigenvalue weighted by Gasteiger charge is 2.18. The third kappa shape index (κ3) is 5.02. The Kier molecular flexibility index (Phi) is 6.49. The van der Waals surface area contributed by atoms with Crippen LogP contribution in [-0.2, 0) is 13.0 Å². The van der Waals surface area contributed by atoms with Crippen LogP contribution in [0.2, 0.25) is 0 Å². The van der Waals surface area contributed by atoms with Crippen molar-refractivity contribution in [1.29, 1.82) is 0 Å². The summed E-state index contributed by atoms with van der Waals surface area (Å²) in [5.74, 6) is -1.02. The minimum Gasteiger partial charge on any atom is -0.478 e. The number of aromatic carboxylic acids is 1. The van der Waals surface area contributed by atoms with Crippen molar-refractivity contribution in [3.8, 4) is 11.1 Å². The monoisotopic (exact) mass is 530 g/mol. The van der Waals surface area contributed by atoms with E-state index >= 15 is 0 Å². The highest BCUT2D eigenvalue weighted by atomic mass is 19.1. The molecule has 4 aromatic carbocycles. The van der Waals surface area contributed by atoms with Crippen molar-refractivity contribution in [1.82, 2.24) is 19.9 Å². The van der Waals surface area contributed by atoms with E-state index in [0.29, 0.717) is 23.6 Å². The molecule has 40 heavy (non-hydrogen) atoms. The van der Waals surface area contributed by atoms with Gasteiger partial charge in [-0.25, -0.2) is 9.18 Å². The van der Waals surface area contributed by atoms with Gasteiger partial charge in [-0.15, -0.1) is 10.2 Å². The maximum atomic E-state index is 13.6. The number of carboxylic acids is 1. The zero-order valence-corrected chi connectivity index (χ0v) is 21.2. The first-order valence-corrected chi connectivity index (χ1v) is 12.7. The molecule has 0 saturated heterocycles. The van der Waals surface area contributed by atoms with Gasteiger partial charge in [0.15, 0.2) is 5.65 Å². The van der Waals surface area contributed by atoms with E-state index < -0.39 is 5.97 Å². The molecule has 0 aliphatic rings. The summed E-state index contributed by atoms with van der Waals surface area (Å²) in [6, 6.07) is 30.2. The number of carboxylic acid groups (broad SMARTS) is 1. The number of pyridine rings is 1. The van der Waals surface area contributed by atoms with Crippen LogP contribution < -0.4 is 5.32 Å². The van der Waals surface area contributed by atoms with Crippen LogP contribution in [0.3, 0.4) is 0 Å². The summed E-state index contributed by atoms with van der Waals surface area (Å²) in [5, 5.41) is 22.6. The lowest BCUT2D eigenvalue weighted by Gasteiger charge is -2.12. The van der Waals surface area contributed by atoms with Crippen molar-refractivity contribution in [3.05, 3.63) is 137 Å². The quantitative estimate of drug-likeness (QED) is 0.268. The maximum absolute atomic E-state index is 13.6. The fourth-order valence-corrected chi connectivity index (χ4v) is 4.75. The number of hydrogen-bond donors (Lipinski definition) is 2. The van der Waals surface area contributed by atoms with E-state index in [-0.39, 0.29) is 23.8 Å². The lowest BCUT2D eigenvalue weighted by molar-refractivity contribution is 0.0696. The second-order valence-corrected chi connectivity index (χ2v) is 9.49. The largest absolute Gasteiger partial charge is 0.478 e. The first-order chi connectivity index (χ1) is 19.4. The average molecular weight is 531 g/mol. The van der Waals surface area contributed by atoms with Gasteiger partial charge in [-0.1, -0.05) is 66.7 Å². The Morgan fingerprint density at radius 2 is 1.50 bits per heavy atom. The first kappa shape index (κ1) is 24.9. The number of fused-ring (bicyclic) bond motifs is 2. The molecule has 0 radical (unpaired) electrons. The molecule has 0 aliphatic carbocycles. The van der Waals surface area contributed by atoms with Gasteiger partial charge >= 0.3 is 5.97 Å². The van der Waals surface area contributed by atoms with Crippen molar-refractivity contribution < 1.29 is 19.1 Å². The normalized spacial score (nSPS) is 11.1. The van der Waals surface area contributed by atoms with Crippen molar-refractivity contribution >= 4 is 28.3 Å². The third-order valence-electron chi connectivity index (χ3n) is 6.80. The lowest BCUT2D eigenvalue weighted by atomic mass is 10.0. The summed E-state index contributed by atoms with van der Waals surface area (Å²) >= 11 is 0. The lowest BCUT2D eigenvalue weighted by Crippen LogP contribution is -2.25. The Balaban J connectivity index is 1.36. The SMILES string of the molecule is O=C(O)c1ccc(CNC(=O)c2cc(-c3ccccc3)cc3nnc(Cc4ccc5cc(F)ccc5c4)n23)cc1. The zero-order valence-electron chi connectivity index (χ0n) is 21.2. The molecule has 8 heteroatoms. The number of carbonyl (C=O) groups excluding carboxylic acids is 1. The van der Waals surface area contributed by atoms with E-state index in [1.165, 1.54) is 24.3 Å². The van der Waals surface area contributed by atoms with Crippen LogP contribution in [-0.4, -0.2) is 31.6 Å². The van der Waals surface area contributed by atoms with Gasteiger partial charge in [0.1, 0.15) is 17.3 Å². The number of rotatable bonds is 7. The molecule has 6 aromatic rings. The second kappa shape index (κ2) is 10.4. The Labute approximate surface area is 228 Å². The predicted octanol–water partition coefficient (Wildman–Crippen LogP) is 5.91. The molecule has 7 nitrogen and oxygen atoms in total. The van der Waals surface area contributed by atoms with Crippen LogP contribution in [0.5, 0.6) is 0 Å². The van der Waals surface area contributed by atoms with Gasteiger partial charge in [-0.2, -0.15) is 0 Å². The fourth-order valence-electron chi connectivity index (χ4n) is 4.75. The van der Waals surface area contributed by atoms with Crippen LogP contribution >= 0.6 is 0 Å². The molecule has 0 spiro atoms. The van der Waals surface area contributed by atoms with Gasteiger partial charge in [-0.3, -0.25) is 9.20 Å². The topological polar surface area (TPSA) is 96.6 Å². The van der Waals surface area contributed by atoms with Gasteiger partial charge in [0, 0.05) is 13.0 Å². The minimum atomic E-state index is -1.01. The fraction of sp³-hybridized carbons (Fsp3) is 0.0625. The summed E-state index contributed by atoms with van der Waals surface area (Å²) in [6.07, 6.45) is 0.413. The zero-order chi connectivity index (χ0) is 27.6. The molecule has 2 aromatic heterocycles. The summed E-state index contributed by atoms with van der Waals surface area (Å²) in [5.41, 5.74) is 4.58. The van der Waals surface area contributed by atoms with E-state index in [2.05, 4.69) is 15.5 Å². The standard InChI is InChI=1S/C32H23FN4O3/c33-27-13-12-24-14-21(8-11-25(24)16-27)15-29-35-36-30-18-26(22-4-2-1-3-5-22)17-28(37(29)30)31(38)34-19-20-6-9-23(10-7-20)32(39)40/h1-14,16-18H,15,19H2,(H,34,38)(H,39,40). The van der Waals surface area contributed by atoms with E-state index in [4.69, 9.17) is 5.11 Å². The Bertz CT molecular complexity index is 1880. The molecule has 2 N–H and O–H groups in total. The first-order valence-electron chi connectivity index (χ1n) is 12.7. The average Bonchev–Trinajstić information content (AvgIpc) is 3.38. The molecule has 0 saturated carbocycles. The van der Waals surface area contributed by atoms with Gasteiger partial charge in [0.25, 0.3) is 5.91 Å². The highest BCUT2D eigenvalue weighted by molar-refractivity contribution is 5.95. The summed E-state index contributed by atoms with van der Waals surface area (Å²) < 4.78 is 15.4. The molecule has 0 bridgehead atoms. The summed E-state index contributed by atoms with van der Waals surface area (Å²) in [6.45, 7) is 0.217. The molecule has 196 valence electrons. The number of nitrogens with zero attached hydrogens (tertiary/aromatic N) is 3. The Morgan fingerprint density at radius 3 is 2.27 bits per heavy atom. The van der Waals surface area contributed by atoms with Gasteiger partial charge in [-0.05, 0) is 69.4 Å². The number of halogens is 1. The molecular weight excluding hydrogens is 507 g/mol. The second-order valence-electron chi connectivity index (χ2n) is 9.49. The van der Waals surface area contributed by atoms with Crippen molar-refractivity contribution in [2.75, 3.05) is 0 Å². The molecule has 0 fully saturated rings. The highest BCUT2D eigenvalue weighted by Crippen LogP contribution is 2.25. The Hall–Kier alpha value is -5.37. The van der Waals surface area contributed by atoms with Crippen LogP contribution in [0.15, 0.2) is 103 Å². The predicted molar refractivity (Wildman–Crippen MR) is 150 cm³/mol. The van der Waals surface area contributed by atoms with Crippen LogP contribution in [0.4, 0.5) is 4.39 Å². The molecule has 0 atom stereocenters. The third-order valence-corrected chi connectivity index (χ3v) is 6.80. The number of amides is 1. The molecule has 2 heterocycles. The summed E-state index contributed by atoms with van der Waals surface area (Å²) in [7, 11) is 0. The number of benzene rings is 4. The number of nitrogens with one attached hydrogen (secondary N) is 1. The number of hydrogen-bond acceptors (Lipinski definition) is 4. The number of carbonyl (C=O) groups is 2. The molecule has 6 rings (SSSR count). The maximum Gasteiger partial charge on any atom is 0.335 e. The molecule has 1 amide bonds.